The van der Waals surface area contributed by atoms with E-state index in [-0.39, 0.29) is 24.2 Å². The monoisotopic (exact) mass is 501 g/mol. The Morgan fingerprint density at radius 2 is 1.65 bits per heavy atom. The molecule has 0 saturated heterocycles. The number of ether oxygens (including phenoxy) is 2. The van der Waals surface area contributed by atoms with Crippen molar-refractivity contribution in [1.82, 2.24) is 4.90 Å². The Bertz CT molecular complexity index is 1300. The van der Waals surface area contributed by atoms with Gasteiger partial charge in [0.25, 0.3) is 11.8 Å². The van der Waals surface area contributed by atoms with Gasteiger partial charge in [-0.3, -0.25) is 9.59 Å². The predicted octanol–water partition coefficient (Wildman–Crippen LogP) is 5.22. The Kier molecular flexibility index (Phi) is 8.78. The number of nitrogens with one attached hydrogen (secondary N) is 1. The van der Waals surface area contributed by atoms with E-state index in [9.17, 15) is 9.59 Å². The zero-order valence-corrected chi connectivity index (χ0v) is 20.8. The Balaban J connectivity index is 1.34. The quantitative estimate of drug-likeness (QED) is 0.204. The number of nitrogens with two attached hydrogens (primary N) is 1. The van der Waals surface area contributed by atoms with Crippen LogP contribution in [0.3, 0.4) is 0 Å². The summed E-state index contributed by atoms with van der Waals surface area (Å²) in [6.45, 7) is 4.14. The molecule has 37 heavy (non-hydrogen) atoms. The van der Waals surface area contributed by atoms with Crippen molar-refractivity contribution < 1.29 is 23.5 Å². The molecule has 1 heterocycles. The lowest BCUT2D eigenvalue weighted by molar-refractivity contribution is 0.0586. The highest BCUT2D eigenvalue weighted by atomic mass is 16.5. The highest BCUT2D eigenvalue weighted by molar-refractivity contribution is 6.05. The highest BCUT2D eigenvalue weighted by Crippen LogP contribution is 2.21. The van der Waals surface area contributed by atoms with E-state index in [0.29, 0.717) is 54.6 Å². The topological polar surface area (TPSA) is 107 Å². The van der Waals surface area contributed by atoms with Gasteiger partial charge in [0.1, 0.15) is 17.9 Å². The SMILES string of the molecule is CCCOCCN(CCOc1ccc(C(=O)Nc2ccccc2N)cc1)C(=O)c1cc2ccccc2o1. The third-order valence-corrected chi connectivity index (χ3v) is 5.73. The second-order valence-corrected chi connectivity index (χ2v) is 8.47. The van der Waals surface area contributed by atoms with Crippen LogP contribution in [0.15, 0.2) is 83.3 Å². The molecule has 0 saturated carbocycles. The summed E-state index contributed by atoms with van der Waals surface area (Å²) in [7, 11) is 0. The summed E-state index contributed by atoms with van der Waals surface area (Å²) in [6.07, 6.45) is 0.910. The van der Waals surface area contributed by atoms with Crippen LogP contribution in [0, 0.1) is 0 Å². The summed E-state index contributed by atoms with van der Waals surface area (Å²) < 4.78 is 17.2. The third-order valence-electron chi connectivity index (χ3n) is 5.73. The number of nitrogens with zero attached hydrogens (tertiary/aromatic N) is 1. The molecule has 0 atom stereocenters. The maximum Gasteiger partial charge on any atom is 0.289 e. The second kappa shape index (κ2) is 12.6. The fourth-order valence-corrected chi connectivity index (χ4v) is 3.76. The van der Waals surface area contributed by atoms with Crippen LogP contribution in [0.5, 0.6) is 5.75 Å². The number of benzene rings is 3. The number of carbonyl (C=O) groups excluding carboxylic acids is 2. The van der Waals surface area contributed by atoms with Gasteiger partial charge in [-0.1, -0.05) is 37.3 Å². The van der Waals surface area contributed by atoms with Gasteiger partial charge in [-0.05, 0) is 55.0 Å². The maximum absolute atomic E-state index is 13.2. The number of rotatable bonds is 12. The summed E-state index contributed by atoms with van der Waals surface area (Å²) in [4.78, 5) is 27.4. The molecule has 8 heteroatoms. The summed E-state index contributed by atoms with van der Waals surface area (Å²) >= 11 is 0. The van der Waals surface area contributed by atoms with Gasteiger partial charge in [-0.15, -0.1) is 0 Å². The fourth-order valence-electron chi connectivity index (χ4n) is 3.76. The van der Waals surface area contributed by atoms with E-state index in [2.05, 4.69) is 5.32 Å². The molecular weight excluding hydrogens is 470 g/mol. The first-order valence-corrected chi connectivity index (χ1v) is 12.3. The van der Waals surface area contributed by atoms with E-state index in [1.165, 1.54) is 0 Å². The molecule has 0 spiro atoms. The number of hydrogen-bond acceptors (Lipinski definition) is 6. The number of hydrogen-bond donors (Lipinski definition) is 2. The van der Waals surface area contributed by atoms with Crippen LogP contribution < -0.4 is 15.8 Å². The van der Waals surface area contributed by atoms with Gasteiger partial charge in [-0.25, -0.2) is 0 Å². The van der Waals surface area contributed by atoms with Crippen LogP contribution in [-0.4, -0.2) is 49.6 Å². The molecule has 0 unspecified atom stereocenters. The fraction of sp³-hybridized carbons (Fsp3) is 0.241. The summed E-state index contributed by atoms with van der Waals surface area (Å²) in [5.41, 5.74) is 8.10. The Labute approximate surface area is 216 Å². The molecule has 8 nitrogen and oxygen atoms in total. The van der Waals surface area contributed by atoms with Gasteiger partial charge in [0.05, 0.1) is 24.5 Å². The van der Waals surface area contributed by atoms with Crippen molar-refractivity contribution >= 4 is 34.2 Å². The number of amides is 2. The highest BCUT2D eigenvalue weighted by Gasteiger charge is 2.20. The molecule has 4 rings (SSSR count). The average Bonchev–Trinajstić information content (AvgIpc) is 3.36. The molecule has 0 radical (unpaired) electrons. The van der Waals surface area contributed by atoms with Crippen LogP contribution in [0.2, 0.25) is 0 Å². The number of fused-ring (bicyclic) bond motifs is 1. The summed E-state index contributed by atoms with van der Waals surface area (Å²) in [6, 6.07) is 23.2. The standard InChI is InChI=1S/C29H31N3O5/c1-2-17-35-18-15-32(29(34)27-20-22-7-3-6-10-26(22)37-27)16-19-36-23-13-11-21(12-14-23)28(33)31-25-9-5-4-8-24(25)30/h3-14,20H,2,15-19,30H2,1H3,(H,31,33). The molecule has 192 valence electrons. The van der Waals surface area contributed by atoms with Gasteiger partial charge in [0, 0.05) is 24.1 Å². The van der Waals surface area contributed by atoms with Crippen molar-refractivity contribution in [2.75, 3.05) is 44.0 Å². The first-order valence-electron chi connectivity index (χ1n) is 12.3. The van der Waals surface area contributed by atoms with E-state index in [0.717, 1.165) is 11.8 Å². The van der Waals surface area contributed by atoms with Crippen molar-refractivity contribution in [2.24, 2.45) is 0 Å². The van der Waals surface area contributed by atoms with Crippen molar-refractivity contribution in [3.05, 3.63) is 90.2 Å². The van der Waals surface area contributed by atoms with Crippen molar-refractivity contribution in [1.29, 1.82) is 0 Å². The van der Waals surface area contributed by atoms with Gasteiger partial charge in [-0.2, -0.15) is 0 Å². The van der Waals surface area contributed by atoms with Crippen molar-refractivity contribution in [2.45, 2.75) is 13.3 Å². The largest absolute Gasteiger partial charge is 0.492 e. The lowest BCUT2D eigenvalue weighted by Gasteiger charge is -2.22. The lowest BCUT2D eigenvalue weighted by Crippen LogP contribution is -2.37. The van der Waals surface area contributed by atoms with Gasteiger partial charge in [0.15, 0.2) is 5.76 Å². The molecule has 0 aliphatic carbocycles. The zero-order valence-electron chi connectivity index (χ0n) is 20.8. The van der Waals surface area contributed by atoms with E-state index in [1.807, 2.05) is 31.2 Å². The minimum Gasteiger partial charge on any atom is -0.492 e. The first kappa shape index (κ1) is 25.8. The molecule has 0 bridgehead atoms. The van der Waals surface area contributed by atoms with Crippen molar-refractivity contribution in [3.8, 4) is 5.75 Å². The molecule has 0 aliphatic rings. The van der Waals surface area contributed by atoms with E-state index in [1.54, 1.807) is 59.5 Å². The number of furan rings is 1. The Morgan fingerprint density at radius 1 is 0.919 bits per heavy atom. The number of para-hydroxylation sites is 3. The normalized spacial score (nSPS) is 10.8. The van der Waals surface area contributed by atoms with Crippen LogP contribution in [0.25, 0.3) is 11.0 Å². The van der Waals surface area contributed by atoms with Crippen LogP contribution >= 0.6 is 0 Å². The molecule has 0 aliphatic heterocycles. The Hall–Kier alpha value is -4.30. The second-order valence-electron chi connectivity index (χ2n) is 8.47. The number of anilines is 2. The average molecular weight is 502 g/mol. The molecule has 3 aromatic carbocycles. The van der Waals surface area contributed by atoms with E-state index >= 15 is 0 Å². The smallest absolute Gasteiger partial charge is 0.289 e. The first-order chi connectivity index (χ1) is 18.0. The maximum atomic E-state index is 13.2. The van der Waals surface area contributed by atoms with Crippen LogP contribution in [0.1, 0.15) is 34.3 Å². The van der Waals surface area contributed by atoms with Gasteiger partial charge >= 0.3 is 0 Å². The minimum absolute atomic E-state index is 0.216. The third kappa shape index (κ3) is 6.89. The molecule has 4 aromatic rings. The number of nitrogen functional groups attached to an aromatic ring is 1. The van der Waals surface area contributed by atoms with Crippen LogP contribution in [-0.2, 0) is 4.74 Å². The van der Waals surface area contributed by atoms with E-state index in [4.69, 9.17) is 19.6 Å². The summed E-state index contributed by atoms with van der Waals surface area (Å²) in [5, 5.41) is 3.68. The Morgan fingerprint density at radius 3 is 2.41 bits per heavy atom. The summed E-state index contributed by atoms with van der Waals surface area (Å²) in [5.74, 6) is 0.395. The predicted molar refractivity (Wildman–Crippen MR) is 144 cm³/mol. The van der Waals surface area contributed by atoms with Crippen molar-refractivity contribution in [3.63, 3.8) is 0 Å². The van der Waals surface area contributed by atoms with Crippen LogP contribution in [0.4, 0.5) is 11.4 Å². The van der Waals surface area contributed by atoms with Gasteiger partial charge in [0.2, 0.25) is 0 Å². The molecule has 2 amide bonds. The minimum atomic E-state index is -0.265. The number of carbonyl (C=O) groups is 2. The molecule has 3 N–H and O–H groups in total. The van der Waals surface area contributed by atoms with Gasteiger partial charge < -0.3 is 29.8 Å². The molecular formula is C29H31N3O5. The zero-order chi connectivity index (χ0) is 26.0. The van der Waals surface area contributed by atoms with E-state index < -0.39 is 0 Å². The molecule has 0 fully saturated rings. The molecule has 1 aromatic heterocycles. The lowest BCUT2D eigenvalue weighted by atomic mass is 10.2.